The van der Waals surface area contributed by atoms with E-state index in [2.05, 4.69) is 9.71 Å². The zero-order valence-corrected chi connectivity index (χ0v) is 12.5. The van der Waals surface area contributed by atoms with Gasteiger partial charge >= 0.3 is 0 Å². The van der Waals surface area contributed by atoms with Crippen LogP contribution in [0, 0.1) is 20.8 Å². The minimum absolute atomic E-state index is 0.242. The highest BCUT2D eigenvalue weighted by Gasteiger charge is 2.22. The van der Waals surface area contributed by atoms with Crippen LogP contribution in [0.2, 0.25) is 0 Å². The lowest BCUT2D eigenvalue weighted by Gasteiger charge is -2.16. The summed E-state index contributed by atoms with van der Waals surface area (Å²) < 4.78 is 27.7. The lowest BCUT2D eigenvalue weighted by Crippen LogP contribution is -2.17. The van der Waals surface area contributed by atoms with Crippen LogP contribution in [0.3, 0.4) is 0 Å². The summed E-state index contributed by atoms with van der Waals surface area (Å²) in [5.74, 6) is 0. The van der Waals surface area contributed by atoms with Gasteiger partial charge in [0, 0.05) is 18.1 Å². The van der Waals surface area contributed by atoms with E-state index in [1.54, 1.807) is 32.0 Å². The molecule has 2 rings (SSSR count). The maximum Gasteiger partial charge on any atom is 0.262 e. The molecule has 1 aromatic carbocycles. The molecule has 5 nitrogen and oxygen atoms in total. The van der Waals surface area contributed by atoms with Crippen LogP contribution >= 0.6 is 0 Å². The monoisotopic (exact) mass is 291 g/mol. The molecule has 0 amide bonds. The van der Waals surface area contributed by atoms with Crippen LogP contribution in [0.15, 0.2) is 35.5 Å². The highest BCUT2D eigenvalue weighted by molar-refractivity contribution is 7.92. The number of anilines is 2. The standard InChI is InChI=1S/C14H17N3O2S/c1-9-8-13(15)11(3)14(10(9)2)20(18,19)17-12-4-6-16-7-5-12/h4-8H,15H2,1-3H3,(H,16,17). The highest BCUT2D eigenvalue weighted by Crippen LogP contribution is 2.29. The summed E-state index contributed by atoms with van der Waals surface area (Å²) in [6.07, 6.45) is 3.06. The molecule has 0 bridgehead atoms. The first-order chi connectivity index (χ1) is 9.33. The van der Waals surface area contributed by atoms with Gasteiger partial charge in [-0.15, -0.1) is 0 Å². The summed E-state index contributed by atoms with van der Waals surface area (Å²) in [6, 6.07) is 4.98. The van der Waals surface area contributed by atoms with Crippen LogP contribution < -0.4 is 10.5 Å². The molecule has 0 unspecified atom stereocenters. The van der Waals surface area contributed by atoms with Crippen molar-refractivity contribution in [2.45, 2.75) is 25.7 Å². The number of nitrogens with two attached hydrogens (primary N) is 1. The molecule has 6 heteroatoms. The maximum atomic E-state index is 12.6. The third-order valence-electron chi connectivity index (χ3n) is 3.28. The fourth-order valence-electron chi connectivity index (χ4n) is 2.07. The Morgan fingerprint density at radius 1 is 1.10 bits per heavy atom. The van der Waals surface area contributed by atoms with E-state index in [-0.39, 0.29) is 4.90 Å². The van der Waals surface area contributed by atoms with Gasteiger partial charge in [-0.25, -0.2) is 8.42 Å². The van der Waals surface area contributed by atoms with Crippen LogP contribution in [-0.4, -0.2) is 13.4 Å². The molecule has 0 saturated carbocycles. The molecule has 0 spiro atoms. The van der Waals surface area contributed by atoms with Gasteiger partial charge in [0.1, 0.15) is 0 Å². The van der Waals surface area contributed by atoms with Gasteiger partial charge in [0.2, 0.25) is 0 Å². The molecule has 0 radical (unpaired) electrons. The molecule has 0 aliphatic heterocycles. The second-order valence-corrected chi connectivity index (χ2v) is 6.32. The zero-order chi connectivity index (χ0) is 14.9. The van der Waals surface area contributed by atoms with Crippen molar-refractivity contribution in [2.75, 3.05) is 10.5 Å². The molecule has 2 aromatic rings. The number of pyridine rings is 1. The van der Waals surface area contributed by atoms with E-state index in [1.807, 2.05) is 6.92 Å². The number of sulfonamides is 1. The number of nitrogen functional groups attached to an aromatic ring is 1. The quantitative estimate of drug-likeness (QED) is 0.850. The number of nitrogens with zero attached hydrogens (tertiary/aromatic N) is 1. The maximum absolute atomic E-state index is 12.6. The van der Waals surface area contributed by atoms with Gasteiger partial charge in [0.15, 0.2) is 0 Å². The molecule has 0 fully saturated rings. The first kappa shape index (κ1) is 14.3. The van der Waals surface area contributed by atoms with Crippen LogP contribution in [0.25, 0.3) is 0 Å². The summed E-state index contributed by atoms with van der Waals surface area (Å²) in [4.78, 5) is 4.10. The topological polar surface area (TPSA) is 85.1 Å². The lowest BCUT2D eigenvalue weighted by atomic mass is 10.1. The normalized spacial score (nSPS) is 11.3. The number of aromatic nitrogens is 1. The van der Waals surface area contributed by atoms with Gasteiger partial charge in [0.05, 0.1) is 10.6 Å². The van der Waals surface area contributed by atoms with Gasteiger partial charge in [-0.05, 0) is 55.7 Å². The number of nitrogens with one attached hydrogen (secondary N) is 1. The van der Waals surface area contributed by atoms with Crippen molar-refractivity contribution in [3.8, 4) is 0 Å². The number of hydrogen-bond donors (Lipinski definition) is 2. The minimum atomic E-state index is -3.68. The van der Waals surface area contributed by atoms with Crippen LogP contribution in [-0.2, 0) is 10.0 Å². The summed E-state index contributed by atoms with van der Waals surface area (Å²) >= 11 is 0. The summed E-state index contributed by atoms with van der Waals surface area (Å²) in [5, 5.41) is 0. The second-order valence-electron chi connectivity index (χ2n) is 4.70. The predicted molar refractivity (Wildman–Crippen MR) is 80.1 cm³/mol. The van der Waals surface area contributed by atoms with Gasteiger partial charge < -0.3 is 5.73 Å². The first-order valence-corrected chi connectivity index (χ1v) is 7.60. The Labute approximate surface area is 118 Å². The molecule has 20 heavy (non-hydrogen) atoms. The van der Waals surface area contributed by atoms with E-state index in [0.29, 0.717) is 22.5 Å². The number of aryl methyl sites for hydroxylation is 1. The van der Waals surface area contributed by atoms with E-state index in [1.165, 1.54) is 12.4 Å². The van der Waals surface area contributed by atoms with E-state index >= 15 is 0 Å². The van der Waals surface area contributed by atoms with Crippen LogP contribution in [0.5, 0.6) is 0 Å². The molecule has 0 aliphatic rings. The molecule has 0 aliphatic carbocycles. The van der Waals surface area contributed by atoms with Crippen molar-refractivity contribution in [3.63, 3.8) is 0 Å². The molecule has 1 aromatic heterocycles. The Morgan fingerprint density at radius 3 is 2.30 bits per heavy atom. The smallest absolute Gasteiger partial charge is 0.262 e. The van der Waals surface area contributed by atoms with Gasteiger partial charge in [-0.1, -0.05) is 0 Å². The number of hydrogen-bond acceptors (Lipinski definition) is 4. The molecular weight excluding hydrogens is 274 g/mol. The second kappa shape index (κ2) is 5.13. The Morgan fingerprint density at radius 2 is 1.70 bits per heavy atom. The van der Waals surface area contributed by atoms with E-state index in [0.717, 1.165) is 5.56 Å². The van der Waals surface area contributed by atoms with E-state index < -0.39 is 10.0 Å². The van der Waals surface area contributed by atoms with E-state index in [4.69, 9.17) is 5.73 Å². The Kier molecular flexibility index (Phi) is 3.67. The summed E-state index contributed by atoms with van der Waals surface area (Å²) in [5.41, 5.74) is 8.95. The number of rotatable bonds is 3. The Bertz CT molecular complexity index is 715. The fourth-order valence-corrected chi connectivity index (χ4v) is 3.70. The van der Waals surface area contributed by atoms with Crippen molar-refractivity contribution < 1.29 is 8.42 Å². The van der Waals surface area contributed by atoms with Gasteiger partial charge in [-0.3, -0.25) is 9.71 Å². The van der Waals surface area contributed by atoms with Crippen molar-refractivity contribution in [1.29, 1.82) is 0 Å². The molecule has 3 N–H and O–H groups in total. The Balaban J connectivity index is 2.56. The molecule has 1 heterocycles. The molecule has 0 atom stereocenters. The van der Waals surface area contributed by atoms with E-state index in [9.17, 15) is 8.42 Å². The van der Waals surface area contributed by atoms with Crippen LogP contribution in [0.4, 0.5) is 11.4 Å². The zero-order valence-electron chi connectivity index (χ0n) is 11.6. The molecule has 0 saturated heterocycles. The Hall–Kier alpha value is -2.08. The third kappa shape index (κ3) is 2.60. The van der Waals surface area contributed by atoms with Crippen molar-refractivity contribution in [1.82, 2.24) is 4.98 Å². The SMILES string of the molecule is Cc1cc(N)c(C)c(S(=O)(=O)Nc2ccncc2)c1C. The van der Waals surface area contributed by atoms with Crippen molar-refractivity contribution >= 4 is 21.4 Å². The van der Waals surface area contributed by atoms with Gasteiger partial charge in [-0.2, -0.15) is 0 Å². The lowest BCUT2D eigenvalue weighted by molar-refractivity contribution is 0.600. The van der Waals surface area contributed by atoms with Crippen LogP contribution in [0.1, 0.15) is 16.7 Å². The minimum Gasteiger partial charge on any atom is -0.398 e. The summed E-state index contributed by atoms with van der Waals surface area (Å²) in [6.45, 7) is 5.34. The molecular formula is C14H17N3O2S. The number of benzene rings is 1. The van der Waals surface area contributed by atoms with Crippen molar-refractivity contribution in [3.05, 3.63) is 47.3 Å². The van der Waals surface area contributed by atoms with Crippen molar-refractivity contribution in [2.24, 2.45) is 0 Å². The highest BCUT2D eigenvalue weighted by atomic mass is 32.2. The summed E-state index contributed by atoms with van der Waals surface area (Å²) in [7, 11) is -3.68. The fraction of sp³-hybridized carbons (Fsp3) is 0.214. The first-order valence-electron chi connectivity index (χ1n) is 6.12. The molecule has 106 valence electrons. The third-order valence-corrected chi connectivity index (χ3v) is 4.93. The van der Waals surface area contributed by atoms with Gasteiger partial charge in [0.25, 0.3) is 10.0 Å². The largest absolute Gasteiger partial charge is 0.398 e. The average Bonchev–Trinajstić information content (AvgIpc) is 2.37. The average molecular weight is 291 g/mol. The predicted octanol–water partition coefficient (Wildman–Crippen LogP) is 2.39.